The molecule has 0 bridgehead atoms. The first-order chi connectivity index (χ1) is 16.2. The molecule has 200 valence electrons. The second kappa shape index (κ2) is 8.84. The van der Waals surface area contributed by atoms with E-state index in [4.69, 9.17) is 0 Å². The molecule has 1 unspecified atom stereocenters. The second-order valence-corrected chi connectivity index (χ2v) is 14.1. The third-order valence-electron chi connectivity index (χ3n) is 12.4. The monoisotopic (exact) mass is 490 g/mol. The SMILES string of the molecule is C=C(CO)[C@@H]1CC[C@@H]2[C@]3(CC[C@]4(C)[C@@H]([C@H](C)CCC(O)C(C)(C)O)CC[C@@]24C)C[C@]13CCC(=O)O. The van der Waals surface area contributed by atoms with Gasteiger partial charge >= 0.3 is 5.97 Å². The Balaban J connectivity index is 1.57. The van der Waals surface area contributed by atoms with Crippen molar-refractivity contribution < 1.29 is 25.2 Å². The number of rotatable bonds is 10. The maximum atomic E-state index is 11.6. The molecule has 0 saturated heterocycles. The smallest absolute Gasteiger partial charge is 0.303 e. The van der Waals surface area contributed by atoms with E-state index in [1.54, 1.807) is 13.8 Å². The van der Waals surface area contributed by atoms with Crippen LogP contribution >= 0.6 is 0 Å². The highest BCUT2D eigenvalue weighted by Crippen LogP contribution is 2.87. The van der Waals surface area contributed by atoms with Crippen molar-refractivity contribution in [1.29, 1.82) is 0 Å². The average Bonchev–Trinajstić information content (AvgIpc) is 3.38. The molecular weight excluding hydrogens is 440 g/mol. The van der Waals surface area contributed by atoms with Gasteiger partial charge in [-0.05, 0) is 129 Å². The highest BCUT2D eigenvalue weighted by Gasteiger charge is 2.80. The molecule has 0 aliphatic heterocycles. The van der Waals surface area contributed by atoms with Crippen molar-refractivity contribution in [2.45, 2.75) is 117 Å². The molecule has 0 aromatic rings. The number of hydrogen-bond donors (Lipinski definition) is 4. The van der Waals surface area contributed by atoms with E-state index in [0.717, 1.165) is 37.7 Å². The number of carboxylic acids is 1. The van der Waals surface area contributed by atoms with Crippen LogP contribution in [0.25, 0.3) is 0 Å². The maximum Gasteiger partial charge on any atom is 0.303 e. The average molecular weight is 491 g/mol. The van der Waals surface area contributed by atoms with Crippen LogP contribution in [0, 0.1) is 45.3 Å². The van der Waals surface area contributed by atoms with Crippen molar-refractivity contribution in [3.8, 4) is 0 Å². The molecule has 0 aromatic heterocycles. The predicted molar refractivity (Wildman–Crippen MR) is 138 cm³/mol. The normalized spacial score (nSPS) is 44.1. The fourth-order valence-electron chi connectivity index (χ4n) is 10.2. The van der Waals surface area contributed by atoms with E-state index in [2.05, 4.69) is 27.4 Å². The van der Waals surface area contributed by atoms with Crippen LogP contribution in [0.1, 0.15) is 105 Å². The van der Waals surface area contributed by atoms with Crippen LogP contribution in [0.15, 0.2) is 12.2 Å². The summed E-state index contributed by atoms with van der Waals surface area (Å²) < 4.78 is 0. The Hall–Kier alpha value is -0.910. The Morgan fingerprint density at radius 1 is 1.09 bits per heavy atom. The standard InChI is InChI=1S/C30H50O5/c1-19(7-10-24(32)26(3,4)35)21-11-13-28(6)23-9-8-22(20(2)17-31)29(14-12-25(33)34)18-30(23,29)16-15-27(21,28)5/h19,21-24,31-32,35H,2,7-18H2,1,3-6H3,(H,33,34)/t19-,21-,22+,23+,24?,27-,28+,29-,30+/m1/s1. The minimum atomic E-state index is -1.06. The molecule has 1 spiro atoms. The Kier molecular flexibility index (Phi) is 6.85. The van der Waals surface area contributed by atoms with E-state index < -0.39 is 17.7 Å². The number of aliphatic hydroxyl groups excluding tert-OH is 2. The number of aliphatic hydroxyl groups is 3. The molecule has 4 saturated carbocycles. The van der Waals surface area contributed by atoms with Gasteiger partial charge in [-0.2, -0.15) is 0 Å². The Morgan fingerprint density at radius 3 is 2.37 bits per heavy atom. The lowest BCUT2D eigenvalue weighted by atomic mass is 9.43. The third-order valence-corrected chi connectivity index (χ3v) is 12.4. The van der Waals surface area contributed by atoms with Gasteiger partial charge in [0.2, 0.25) is 0 Å². The van der Waals surface area contributed by atoms with Gasteiger partial charge < -0.3 is 20.4 Å². The van der Waals surface area contributed by atoms with Gasteiger partial charge in [0.1, 0.15) is 0 Å². The third kappa shape index (κ3) is 3.94. The zero-order chi connectivity index (χ0) is 26.0. The van der Waals surface area contributed by atoms with Gasteiger partial charge in [-0.3, -0.25) is 4.79 Å². The number of carbonyl (C=O) groups is 1. The van der Waals surface area contributed by atoms with Gasteiger partial charge in [0.05, 0.1) is 18.3 Å². The quantitative estimate of drug-likeness (QED) is 0.300. The van der Waals surface area contributed by atoms with Crippen LogP contribution in [-0.2, 0) is 4.79 Å². The molecule has 4 rings (SSSR count). The minimum absolute atomic E-state index is 0.00101. The van der Waals surface area contributed by atoms with E-state index in [0.29, 0.717) is 30.6 Å². The molecule has 9 atom stereocenters. The van der Waals surface area contributed by atoms with E-state index in [1.165, 1.54) is 19.3 Å². The highest BCUT2D eigenvalue weighted by atomic mass is 16.4. The summed E-state index contributed by atoms with van der Waals surface area (Å²) in [5, 5.41) is 40.0. The largest absolute Gasteiger partial charge is 0.481 e. The number of fused-ring (bicyclic) bond motifs is 2. The van der Waals surface area contributed by atoms with E-state index >= 15 is 0 Å². The van der Waals surface area contributed by atoms with Crippen molar-refractivity contribution in [2.24, 2.45) is 45.3 Å². The summed E-state index contributed by atoms with van der Waals surface area (Å²) in [5.41, 5.74) is 0.520. The summed E-state index contributed by atoms with van der Waals surface area (Å²) in [6.07, 6.45) is 9.84. The van der Waals surface area contributed by atoms with Gasteiger partial charge in [-0.15, -0.1) is 0 Å². The molecule has 5 nitrogen and oxygen atoms in total. The van der Waals surface area contributed by atoms with E-state index in [1.807, 2.05) is 0 Å². The van der Waals surface area contributed by atoms with Crippen LogP contribution in [0.5, 0.6) is 0 Å². The zero-order valence-corrected chi connectivity index (χ0v) is 22.8. The first kappa shape index (κ1) is 27.1. The fourth-order valence-corrected chi connectivity index (χ4v) is 10.2. The van der Waals surface area contributed by atoms with Crippen molar-refractivity contribution >= 4 is 5.97 Å². The molecule has 5 heteroatoms. The Labute approximate surface area is 212 Å². The van der Waals surface area contributed by atoms with Gasteiger partial charge in [-0.25, -0.2) is 0 Å². The molecular formula is C30H50O5. The summed E-state index contributed by atoms with van der Waals surface area (Å²) >= 11 is 0. The first-order valence-corrected chi connectivity index (χ1v) is 14.1. The van der Waals surface area contributed by atoms with Gasteiger partial charge in [0, 0.05) is 6.42 Å². The van der Waals surface area contributed by atoms with Crippen LogP contribution in [-0.4, -0.2) is 44.7 Å². The van der Waals surface area contributed by atoms with Crippen LogP contribution in [0.4, 0.5) is 0 Å². The van der Waals surface area contributed by atoms with E-state index in [-0.39, 0.29) is 40.6 Å². The molecule has 0 radical (unpaired) electrons. The molecule has 4 aliphatic rings. The van der Waals surface area contributed by atoms with Crippen LogP contribution in [0.2, 0.25) is 0 Å². The lowest BCUT2D eigenvalue weighted by Crippen LogP contribution is -2.54. The number of carboxylic acid groups (broad SMARTS) is 1. The number of hydrogen-bond acceptors (Lipinski definition) is 4. The molecule has 4 N–H and O–H groups in total. The van der Waals surface area contributed by atoms with Crippen molar-refractivity contribution in [2.75, 3.05) is 6.61 Å². The maximum absolute atomic E-state index is 11.6. The first-order valence-electron chi connectivity index (χ1n) is 14.1. The van der Waals surface area contributed by atoms with Gasteiger partial charge in [0.25, 0.3) is 0 Å². The highest BCUT2D eigenvalue weighted by molar-refractivity contribution is 5.67. The molecule has 0 aromatic carbocycles. The lowest BCUT2D eigenvalue weighted by Gasteiger charge is -2.61. The minimum Gasteiger partial charge on any atom is -0.481 e. The summed E-state index contributed by atoms with van der Waals surface area (Å²) in [5.74, 6) is 1.23. The topological polar surface area (TPSA) is 98.0 Å². The number of aliphatic carboxylic acids is 1. The van der Waals surface area contributed by atoms with E-state index in [9.17, 15) is 25.2 Å². The predicted octanol–water partition coefficient (Wildman–Crippen LogP) is 5.57. The second-order valence-electron chi connectivity index (χ2n) is 14.1. The summed E-state index contributed by atoms with van der Waals surface area (Å²) in [6, 6.07) is 0. The molecule has 0 amide bonds. The van der Waals surface area contributed by atoms with Crippen molar-refractivity contribution in [3.63, 3.8) is 0 Å². The summed E-state index contributed by atoms with van der Waals surface area (Å²) in [6.45, 7) is 15.0. The van der Waals surface area contributed by atoms with Crippen LogP contribution < -0.4 is 0 Å². The molecule has 35 heavy (non-hydrogen) atoms. The molecule has 4 fully saturated rings. The van der Waals surface area contributed by atoms with Crippen LogP contribution in [0.3, 0.4) is 0 Å². The fraction of sp³-hybridized carbons (Fsp3) is 0.900. The lowest BCUT2D eigenvalue weighted by molar-refractivity contribution is -0.139. The summed E-state index contributed by atoms with van der Waals surface area (Å²) in [4.78, 5) is 11.6. The molecule has 4 aliphatic carbocycles. The van der Waals surface area contributed by atoms with Gasteiger partial charge in [-0.1, -0.05) is 27.4 Å². The Bertz CT molecular complexity index is 846. The zero-order valence-electron chi connectivity index (χ0n) is 22.8. The summed E-state index contributed by atoms with van der Waals surface area (Å²) in [7, 11) is 0. The molecule has 0 heterocycles. The van der Waals surface area contributed by atoms with Gasteiger partial charge in [0.15, 0.2) is 0 Å². The van der Waals surface area contributed by atoms with Crippen molar-refractivity contribution in [3.05, 3.63) is 12.2 Å². The van der Waals surface area contributed by atoms with Crippen molar-refractivity contribution in [1.82, 2.24) is 0 Å². The Morgan fingerprint density at radius 2 is 1.77 bits per heavy atom.